The summed E-state index contributed by atoms with van der Waals surface area (Å²) in [5.74, 6) is -0.0847. The molecule has 3 aromatic rings. The smallest absolute Gasteiger partial charge is 0.251 e. The Morgan fingerprint density at radius 3 is 2.46 bits per heavy atom. The van der Waals surface area contributed by atoms with Gasteiger partial charge in [-0.05, 0) is 36.8 Å². The number of carbonyl (C=O) groups excluding carboxylic acids is 2. The molecule has 0 saturated heterocycles. The zero-order valence-corrected chi connectivity index (χ0v) is 16.4. The molecule has 0 radical (unpaired) electrons. The second-order valence-electron chi connectivity index (χ2n) is 6.24. The van der Waals surface area contributed by atoms with E-state index in [9.17, 15) is 9.59 Å². The molecule has 0 bridgehead atoms. The molecular formula is C20H21N5O2S. The normalized spacial score (nSPS) is 11.6. The zero-order chi connectivity index (χ0) is 19.9. The number of nitrogens with one attached hydrogen (secondary N) is 2. The minimum Gasteiger partial charge on any atom is -0.346 e. The van der Waals surface area contributed by atoms with Gasteiger partial charge in [-0.3, -0.25) is 9.59 Å². The molecular weight excluding hydrogens is 374 g/mol. The monoisotopic (exact) mass is 395 g/mol. The van der Waals surface area contributed by atoms with Crippen LogP contribution < -0.4 is 10.6 Å². The van der Waals surface area contributed by atoms with E-state index in [0.29, 0.717) is 16.4 Å². The van der Waals surface area contributed by atoms with Gasteiger partial charge in [0.25, 0.3) is 5.91 Å². The van der Waals surface area contributed by atoms with Gasteiger partial charge in [-0.25, -0.2) is 0 Å². The van der Waals surface area contributed by atoms with Gasteiger partial charge in [0.15, 0.2) is 5.16 Å². The summed E-state index contributed by atoms with van der Waals surface area (Å²) in [7, 11) is 1.82. The van der Waals surface area contributed by atoms with E-state index >= 15 is 0 Å². The first-order chi connectivity index (χ1) is 13.5. The van der Waals surface area contributed by atoms with E-state index in [1.54, 1.807) is 35.2 Å². The van der Waals surface area contributed by atoms with E-state index in [1.807, 2.05) is 44.3 Å². The molecule has 7 nitrogen and oxygen atoms in total. The third-order valence-electron chi connectivity index (χ3n) is 4.08. The van der Waals surface area contributed by atoms with E-state index in [4.69, 9.17) is 0 Å². The van der Waals surface area contributed by atoms with Crippen molar-refractivity contribution in [2.24, 2.45) is 7.05 Å². The summed E-state index contributed by atoms with van der Waals surface area (Å²) in [4.78, 5) is 24.5. The third kappa shape index (κ3) is 5.20. The molecule has 2 N–H and O–H groups in total. The van der Waals surface area contributed by atoms with Crippen LogP contribution in [-0.4, -0.2) is 32.3 Å². The molecule has 2 amide bonds. The molecule has 0 spiro atoms. The number of aryl methyl sites for hydroxylation is 1. The Morgan fingerprint density at radius 1 is 1.11 bits per heavy atom. The van der Waals surface area contributed by atoms with Crippen LogP contribution in [0.4, 0.5) is 5.69 Å². The van der Waals surface area contributed by atoms with Gasteiger partial charge in [0.05, 0.1) is 11.8 Å². The highest BCUT2D eigenvalue weighted by Crippen LogP contribution is 2.16. The summed E-state index contributed by atoms with van der Waals surface area (Å²) in [6.07, 6.45) is 1.59. The highest BCUT2D eigenvalue weighted by molar-refractivity contribution is 7.99. The fraction of sp³-hybridized carbons (Fsp3) is 0.200. The van der Waals surface area contributed by atoms with Crippen molar-refractivity contribution in [3.63, 3.8) is 0 Å². The molecule has 2 aromatic carbocycles. The van der Waals surface area contributed by atoms with E-state index in [1.165, 1.54) is 11.8 Å². The summed E-state index contributed by atoms with van der Waals surface area (Å²) in [5, 5.41) is 14.1. The molecule has 0 saturated carbocycles. The number of carbonyl (C=O) groups is 2. The number of aromatic nitrogens is 3. The van der Waals surface area contributed by atoms with Crippen molar-refractivity contribution in [2.45, 2.75) is 18.1 Å². The van der Waals surface area contributed by atoms with Crippen molar-refractivity contribution in [1.29, 1.82) is 0 Å². The number of thioether (sulfide) groups is 1. The van der Waals surface area contributed by atoms with Crippen LogP contribution in [0.2, 0.25) is 0 Å². The molecule has 0 aliphatic heterocycles. The van der Waals surface area contributed by atoms with E-state index in [2.05, 4.69) is 20.8 Å². The summed E-state index contributed by atoms with van der Waals surface area (Å²) >= 11 is 1.31. The number of benzene rings is 2. The summed E-state index contributed by atoms with van der Waals surface area (Å²) in [6, 6.07) is 16.5. The lowest BCUT2D eigenvalue weighted by Crippen LogP contribution is -2.26. The van der Waals surface area contributed by atoms with Crippen molar-refractivity contribution < 1.29 is 9.59 Å². The number of anilines is 1. The van der Waals surface area contributed by atoms with Crippen LogP contribution in [0.3, 0.4) is 0 Å². The SMILES string of the molecule is C[C@@H](NC(=O)c1ccc(NC(=O)CSc2nncn2C)cc1)c1ccccc1. The first-order valence-corrected chi connectivity index (χ1v) is 9.74. The van der Waals surface area contributed by atoms with Gasteiger partial charge in [0.1, 0.15) is 6.33 Å². The van der Waals surface area contributed by atoms with Crippen LogP contribution in [0.25, 0.3) is 0 Å². The quantitative estimate of drug-likeness (QED) is 0.600. The Hall–Kier alpha value is -3.13. The first kappa shape index (κ1) is 19.6. The van der Waals surface area contributed by atoms with Crippen LogP contribution in [-0.2, 0) is 11.8 Å². The van der Waals surface area contributed by atoms with Crippen molar-refractivity contribution >= 4 is 29.3 Å². The highest BCUT2D eigenvalue weighted by atomic mass is 32.2. The second-order valence-corrected chi connectivity index (χ2v) is 7.19. The third-order valence-corrected chi connectivity index (χ3v) is 5.11. The Morgan fingerprint density at radius 2 is 1.82 bits per heavy atom. The molecule has 144 valence electrons. The highest BCUT2D eigenvalue weighted by Gasteiger charge is 2.12. The van der Waals surface area contributed by atoms with Gasteiger partial charge < -0.3 is 15.2 Å². The summed E-state index contributed by atoms with van der Waals surface area (Å²) in [5.41, 5.74) is 2.21. The molecule has 0 fully saturated rings. The lowest BCUT2D eigenvalue weighted by atomic mass is 10.1. The largest absolute Gasteiger partial charge is 0.346 e. The van der Waals surface area contributed by atoms with E-state index in [0.717, 1.165) is 5.56 Å². The molecule has 0 aliphatic rings. The lowest BCUT2D eigenvalue weighted by Gasteiger charge is -2.14. The van der Waals surface area contributed by atoms with Crippen LogP contribution in [0.1, 0.15) is 28.9 Å². The maximum atomic E-state index is 12.4. The van der Waals surface area contributed by atoms with Gasteiger partial charge in [-0.1, -0.05) is 42.1 Å². The van der Waals surface area contributed by atoms with Gasteiger partial charge in [-0.15, -0.1) is 10.2 Å². The molecule has 8 heteroatoms. The molecule has 3 rings (SSSR count). The molecule has 1 heterocycles. The van der Waals surface area contributed by atoms with Crippen molar-refractivity contribution in [1.82, 2.24) is 20.1 Å². The minimum atomic E-state index is -0.160. The molecule has 1 aromatic heterocycles. The van der Waals surface area contributed by atoms with Crippen LogP contribution >= 0.6 is 11.8 Å². The number of nitrogens with zero attached hydrogens (tertiary/aromatic N) is 3. The first-order valence-electron chi connectivity index (χ1n) is 8.75. The number of hydrogen-bond acceptors (Lipinski definition) is 5. The predicted molar refractivity (Wildman–Crippen MR) is 109 cm³/mol. The summed E-state index contributed by atoms with van der Waals surface area (Å²) in [6.45, 7) is 1.94. The number of amides is 2. The topological polar surface area (TPSA) is 88.9 Å². The molecule has 0 unspecified atom stereocenters. The lowest BCUT2D eigenvalue weighted by molar-refractivity contribution is -0.113. The fourth-order valence-corrected chi connectivity index (χ4v) is 3.23. The Kier molecular flexibility index (Phi) is 6.44. The van der Waals surface area contributed by atoms with Crippen LogP contribution in [0.5, 0.6) is 0 Å². The minimum absolute atomic E-state index is 0.0919. The predicted octanol–water partition coefficient (Wildman–Crippen LogP) is 3.04. The van der Waals surface area contributed by atoms with Gasteiger partial charge >= 0.3 is 0 Å². The van der Waals surface area contributed by atoms with Gasteiger partial charge in [0.2, 0.25) is 5.91 Å². The Labute approximate surface area is 167 Å². The standard InChI is InChI=1S/C20H21N5O2S/c1-14(15-6-4-3-5-7-15)22-19(27)16-8-10-17(11-9-16)23-18(26)12-28-20-24-21-13-25(20)2/h3-11,13-14H,12H2,1-2H3,(H,22,27)(H,23,26)/t14-/m1/s1. The average Bonchev–Trinajstić information content (AvgIpc) is 3.12. The molecule has 0 aliphatic carbocycles. The fourth-order valence-electron chi connectivity index (χ4n) is 2.54. The van der Waals surface area contributed by atoms with Gasteiger partial charge in [0, 0.05) is 18.3 Å². The second kappa shape index (κ2) is 9.18. The van der Waals surface area contributed by atoms with Crippen LogP contribution in [0, 0.1) is 0 Å². The number of hydrogen-bond donors (Lipinski definition) is 2. The Balaban J connectivity index is 1.52. The van der Waals surface area contributed by atoms with Crippen molar-refractivity contribution in [3.05, 3.63) is 72.1 Å². The maximum absolute atomic E-state index is 12.4. The zero-order valence-electron chi connectivity index (χ0n) is 15.6. The van der Waals surface area contributed by atoms with Gasteiger partial charge in [-0.2, -0.15) is 0 Å². The van der Waals surface area contributed by atoms with Crippen molar-refractivity contribution in [2.75, 3.05) is 11.1 Å². The molecule has 28 heavy (non-hydrogen) atoms. The van der Waals surface area contributed by atoms with E-state index in [-0.39, 0.29) is 23.6 Å². The Bertz CT molecular complexity index is 941. The van der Waals surface area contributed by atoms with E-state index < -0.39 is 0 Å². The number of rotatable bonds is 7. The van der Waals surface area contributed by atoms with Crippen molar-refractivity contribution in [3.8, 4) is 0 Å². The molecule has 1 atom stereocenters. The average molecular weight is 395 g/mol. The maximum Gasteiger partial charge on any atom is 0.251 e. The van der Waals surface area contributed by atoms with Crippen LogP contribution in [0.15, 0.2) is 66.1 Å². The summed E-state index contributed by atoms with van der Waals surface area (Å²) < 4.78 is 1.75.